The number of hydrogen-bond acceptors (Lipinski definition) is 5. The van der Waals surface area contributed by atoms with Crippen molar-refractivity contribution < 1.29 is 4.79 Å². The molecule has 0 radical (unpaired) electrons. The second-order valence-corrected chi connectivity index (χ2v) is 8.03. The fourth-order valence-corrected chi connectivity index (χ4v) is 3.98. The molecule has 0 aliphatic heterocycles. The van der Waals surface area contributed by atoms with Crippen LogP contribution in [0.1, 0.15) is 12.6 Å². The number of hydrogen-bond donors (Lipinski definition) is 1. The van der Waals surface area contributed by atoms with Gasteiger partial charge in [-0.25, -0.2) is 4.68 Å². The molecule has 0 saturated heterocycles. The lowest BCUT2D eigenvalue weighted by Crippen LogP contribution is -2.46. The summed E-state index contributed by atoms with van der Waals surface area (Å²) in [6.07, 6.45) is 5.13. The molecule has 166 valence electrons. The molecule has 0 fully saturated rings. The van der Waals surface area contributed by atoms with Crippen LogP contribution in [0.5, 0.6) is 0 Å². The molecule has 3 heterocycles. The molecule has 2 aromatic carbocycles. The Morgan fingerprint density at radius 3 is 2.03 bits per heavy atom. The molecule has 1 amide bonds. The van der Waals surface area contributed by atoms with Crippen LogP contribution in [0.3, 0.4) is 0 Å². The minimum Gasteiger partial charge on any atom is -0.367 e. The van der Waals surface area contributed by atoms with E-state index in [2.05, 4.69) is 20.3 Å². The second-order valence-electron chi connectivity index (χ2n) is 8.03. The molecule has 2 N–H and O–H groups in total. The number of benzene rings is 2. The van der Waals surface area contributed by atoms with Crippen molar-refractivity contribution in [2.75, 3.05) is 0 Å². The van der Waals surface area contributed by atoms with Crippen LogP contribution in [0.15, 0.2) is 104 Å². The Hall–Kier alpha value is -4.65. The zero-order valence-electron chi connectivity index (χ0n) is 18.5. The van der Waals surface area contributed by atoms with Gasteiger partial charge in [-0.2, -0.15) is 0 Å². The zero-order valence-corrected chi connectivity index (χ0v) is 18.5. The Morgan fingerprint density at radius 1 is 0.794 bits per heavy atom. The summed E-state index contributed by atoms with van der Waals surface area (Å²) >= 11 is 0. The topological polar surface area (TPSA) is 99.6 Å². The molecule has 1 unspecified atom stereocenters. The van der Waals surface area contributed by atoms with Gasteiger partial charge in [0.1, 0.15) is 5.69 Å². The standard InChI is InChI=1S/C27H22N6O/c1-27(26(28)34,23-13-12-22(18-30-23)19-8-4-2-5-9-19)33-25(21-10-6-3-7-11-21)24(31-32-33)20-14-16-29-17-15-20/h2-18H,1H3,(H2,28,34). The third-order valence-corrected chi connectivity index (χ3v) is 5.94. The number of aromatic nitrogens is 5. The molecule has 34 heavy (non-hydrogen) atoms. The van der Waals surface area contributed by atoms with E-state index in [9.17, 15) is 4.79 Å². The van der Waals surface area contributed by atoms with E-state index >= 15 is 0 Å². The van der Waals surface area contributed by atoms with Crippen molar-refractivity contribution in [3.8, 4) is 33.6 Å². The van der Waals surface area contributed by atoms with Gasteiger partial charge in [-0.05, 0) is 30.7 Å². The second kappa shape index (κ2) is 8.71. The largest absolute Gasteiger partial charge is 0.367 e. The third kappa shape index (κ3) is 3.63. The van der Waals surface area contributed by atoms with Gasteiger partial charge in [-0.1, -0.05) is 71.9 Å². The fourth-order valence-electron chi connectivity index (χ4n) is 3.98. The van der Waals surface area contributed by atoms with Crippen molar-refractivity contribution in [3.63, 3.8) is 0 Å². The van der Waals surface area contributed by atoms with Crippen molar-refractivity contribution in [2.24, 2.45) is 5.73 Å². The number of primary amides is 1. The van der Waals surface area contributed by atoms with Crippen LogP contribution in [0.25, 0.3) is 33.6 Å². The lowest BCUT2D eigenvalue weighted by Gasteiger charge is -2.27. The quantitative estimate of drug-likeness (QED) is 0.419. The maximum absolute atomic E-state index is 13.0. The highest BCUT2D eigenvalue weighted by atomic mass is 16.1. The molecular formula is C27H22N6O. The molecule has 7 heteroatoms. The van der Waals surface area contributed by atoms with E-state index in [1.165, 1.54) is 0 Å². The molecule has 0 bridgehead atoms. The van der Waals surface area contributed by atoms with Crippen LogP contribution >= 0.6 is 0 Å². The maximum Gasteiger partial charge on any atom is 0.251 e. The number of pyridine rings is 2. The van der Waals surface area contributed by atoms with Crippen LogP contribution in [-0.2, 0) is 10.3 Å². The van der Waals surface area contributed by atoms with Crippen molar-refractivity contribution in [1.82, 2.24) is 25.0 Å². The SMILES string of the molecule is CC(C(N)=O)(c1ccc(-c2ccccc2)cn1)n1nnc(-c2ccncc2)c1-c1ccccc1. The first-order chi connectivity index (χ1) is 16.6. The molecule has 3 aromatic heterocycles. The van der Waals surface area contributed by atoms with Gasteiger partial charge in [0, 0.05) is 35.3 Å². The minimum atomic E-state index is -1.38. The average Bonchev–Trinajstić information content (AvgIpc) is 3.35. The van der Waals surface area contributed by atoms with E-state index in [-0.39, 0.29) is 0 Å². The zero-order chi connectivity index (χ0) is 23.5. The summed E-state index contributed by atoms with van der Waals surface area (Å²) in [5, 5.41) is 8.88. The first kappa shape index (κ1) is 21.2. The molecule has 0 aliphatic carbocycles. The van der Waals surface area contributed by atoms with Gasteiger partial charge in [0.15, 0.2) is 5.54 Å². The van der Waals surface area contributed by atoms with E-state index in [0.29, 0.717) is 17.1 Å². The van der Waals surface area contributed by atoms with Crippen LogP contribution in [0.2, 0.25) is 0 Å². The Kier molecular flexibility index (Phi) is 5.43. The van der Waals surface area contributed by atoms with Gasteiger partial charge in [0.25, 0.3) is 5.91 Å². The Bertz CT molecular complexity index is 1420. The average molecular weight is 447 g/mol. The summed E-state index contributed by atoms with van der Waals surface area (Å²) in [5.74, 6) is -0.587. The van der Waals surface area contributed by atoms with Crippen molar-refractivity contribution in [3.05, 3.63) is 109 Å². The van der Waals surface area contributed by atoms with Crippen LogP contribution in [0.4, 0.5) is 0 Å². The molecule has 0 spiro atoms. The lowest BCUT2D eigenvalue weighted by molar-refractivity contribution is -0.124. The molecule has 0 saturated carbocycles. The number of nitrogens with zero attached hydrogens (tertiary/aromatic N) is 5. The highest BCUT2D eigenvalue weighted by Crippen LogP contribution is 2.36. The molecule has 0 aliphatic rings. The molecular weight excluding hydrogens is 424 g/mol. The first-order valence-corrected chi connectivity index (χ1v) is 10.8. The number of rotatable bonds is 6. The van der Waals surface area contributed by atoms with Gasteiger partial charge in [-0.3, -0.25) is 14.8 Å². The van der Waals surface area contributed by atoms with E-state index in [1.807, 2.05) is 84.9 Å². The summed E-state index contributed by atoms with van der Waals surface area (Å²) < 4.78 is 1.57. The van der Waals surface area contributed by atoms with Gasteiger partial charge >= 0.3 is 0 Å². The normalized spacial score (nSPS) is 12.7. The highest BCUT2D eigenvalue weighted by Gasteiger charge is 2.41. The summed E-state index contributed by atoms with van der Waals surface area (Å²) in [7, 11) is 0. The van der Waals surface area contributed by atoms with E-state index in [0.717, 1.165) is 22.3 Å². The van der Waals surface area contributed by atoms with Crippen LogP contribution in [0, 0.1) is 0 Å². The summed E-state index contributed by atoms with van der Waals surface area (Å²) in [6, 6.07) is 27.1. The third-order valence-electron chi connectivity index (χ3n) is 5.94. The van der Waals surface area contributed by atoms with Gasteiger partial charge in [0.05, 0.1) is 11.4 Å². The van der Waals surface area contributed by atoms with Gasteiger partial charge < -0.3 is 5.73 Å². The Morgan fingerprint density at radius 2 is 1.44 bits per heavy atom. The predicted octanol–water partition coefficient (Wildman–Crippen LogP) is 4.32. The lowest BCUT2D eigenvalue weighted by atomic mass is 9.93. The summed E-state index contributed by atoms with van der Waals surface area (Å²) in [4.78, 5) is 21.7. The van der Waals surface area contributed by atoms with Crippen LogP contribution in [-0.4, -0.2) is 30.9 Å². The number of carbonyl (C=O) groups excluding carboxylic acids is 1. The maximum atomic E-state index is 13.0. The molecule has 5 rings (SSSR count). The van der Waals surface area contributed by atoms with Gasteiger partial charge in [-0.15, -0.1) is 5.10 Å². The van der Waals surface area contributed by atoms with Crippen molar-refractivity contribution >= 4 is 5.91 Å². The van der Waals surface area contributed by atoms with Crippen molar-refractivity contribution in [1.29, 1.82) is 0 Å². The number of amides is 1. The monoisotopic (exact) mass is 446 g/mol. The fraction of sp³-hybridized carbons (Fsp3) is 0.0741. The molecule has 5 aromatic rings. The van der Waals surface area contributed by atoms with Gasteiger partial charge in [0.2, 0.25) is 0 Å². The van der Waals surface area contributed by atoms with E-state index in [1.54, 1.807) is 30.2 Å². The number of carbonyl (C=O) groups is 1. The number of nitrogens with two attached hydrogens (primary N) is 1. The molecule has 7 nitrogen and oxygen atoms in total. The highest BCUT2D eigenvalue weighted by molar-refractivity contribution is 5.88. The summed E-state index contributed by atoms with van der Waals surface area (Å²) in [6.45, 7) is 1.72. The smallest absolute Gasteiger partial charge is 0.251 e. The minimum absolute atomic E-state index is 0.475. The predicted molar refractivity (Wildman–Crippen MR) is 130 cm³/mol. The Balaban J connectivity index is 1.69. The Labute approximate surface area is 196 Å². The molecule has 1 atom stereocenters. The van der Waals surface area contributed by atoms with E-state index < -0.39 is 11.4 Å². The van der Waals surface area contributed by atoms with E-state index in [4.69, 9.17) is 5.73 Å². The van der Waals surface area contributed by atoms with Crippen molar-refractivity contribution in [2.45, 2.75) is 12.5 Å². The first-order valence-electron chi connectivity index (χ1n) is 10.8. The summed E-state index contributed by atoms with van der Waals surface area (Å²) in [5.41, 5.74) is 10.1. The van der Waals surface area contributed by atoms with Crippen LogP contribution < -0.4 is 5.73 Å².